The molecule has 3 aromatic heterocycles. The lowest BCUT2D eigenvalue weighted by molar-refractivity contribution is 0.625. The normalized spacial score (nSPS) is 11.3. The van der Waals surface area contributed by atoms with E-state index < -0.39 is 0 Å². The van der Waals surface area contributed by atoms with Crippen LogP contribution in [0.2, 0.25) is 0 Å². The van der Waals surface area contributed by atoms with Crippen LogP contribution in [-0.2, 0) is 19.5 Å². The molecule has 1 aromatic carbocycles. The third-order valence-electron chi connectivity index (χ3n) is 4.64. The number of hydrogen-bond donors (Lipinski definition) is 2. The molecule has 6 heteroatoms. The van der Waals surface area contributed by atoms with Crippen molar-refractivity contribution in [3.05, 3.63) is 71.4 Å². The zero-order chi connectivity index (χ0) is 18.1. The van der Waals surface area contributed by atoms with Gasteiger partial charge < -0.3 is 10.7 Å². The fraction of sp³-hybridized carbons (Fsp3) is 0.200. The quantitative estimate of drug-likeness (QED) is 0.578. The zero-order valence-corrected chi connectivity index (χ0v) is 14.5. The fourth-order valence-corrected chi connectivity index (χ4v) is 3.32. The molecule has 3 N–H and O–H groups in total. The van der Waals surface area contributed by atoms with Crippen LogP contribution in [0.15, 0.2) is 48.8 Å². The Morgan fingerprint density at radius 2 is 2.08 bits per heavy atom. The molecule has 26 heavy (non-hydrogen) atoms. The summed E-state index contributed by atoms with van der Waals surface area (Å²) in [5, 5.41) is 5.78. The van der Waals surface area contributed by atoms with E-state index in [0.29, 0.717) is 6.54 Å². The Bertz CT molecular complexity index is 1060. The lowest BCUT2D eigenvalue weighted by Crippen LogP contribution is -2.03. The predicted octanol–water partition coefficient (Wildman–Crippen LogP) is 3.63. The van der Waals surface area contributed by atoms with Crippen LogP contribution in [0.4, 0.5) is 4.39 Å². The van der Waals surface area contributed by atoms with E-state index in [9.17, 15) is 4.39 Å². The van der Waals surface area contributed by atoms with Crippen LogP contribution in [0.1, 0.15) is 23.7 Å². The van der Waals surface area contributed by atoms with Crippen LogP contribution in [0.3, 0.4) is 0 Å². The molecule has 0 aliphatic rings. The second-order valence-electron chi connectivity index (χ2n) is 6.23. The number of fused-ring (bicyclic) bond motifs is 1. The van der Waals surface area contributed by atoms with Crippen molar-refractivity contribution >= 4 is 11.0 Å². The highest BCUT2D eigenvalue weighted by atomic mass is 19.1. The van der Waals surface area contributed by atoms with Crippen LogP contribution in [0, 0.1) is 5.82 Å². The standard InChI is InChI=1S/C20H20FN5/c1-2-26-16(8-14-12-24-20-17(14)4-3-7-23-20)10-19(25-26)18-9-15(21)6-5-13(18)11-22/h3-7,9-10,12H,2,8,11,22H2,1H3,(H,23,24). The second kappa shape index (κ2) is 6.72. The maximum absolute atomic E-state index is 13.8. The molecule has 132 valence electrons. The lowest BCUT2D eigenvalue weighted by atomic mass is 10.0. The van der Waals surface area contributed by atoms with Crippen molar-refractivity contribution in [3.63, 3.8) is 0 Å². The number of hydrogen-bond acceptors (Lipinski definition) is 3. The van der Waals surface area contributed by atoms with Gasteiger partial charge in [-0.25, -0.2) is 9.37 Å². The van der Waals surface area contributed by atoms with Gasteiger partial charge in [-0.05, 0) is 48.4 Å². The molecule has 0 bridgehead atoms. The SMILES string of the molecule is CCn1nc(-c2cc(F)ccc2CN)cc1Cc1c[nH]c2ncccc12. The summed E-state index contributed by atoms with van der Waals surface area (Å²) in [6.07, 6.45) is 4.48. The third-order valence-corrected chi connectivity index (χ3v) is 4.64. The monoisotopic (exact) mass is 349 g/mol. The largest absolute Gasteiger partial charge is 0.346 e. The Morgan fingerprint density at radius 1 is 1.19 bits per heavy atom. The van der Waals surface area contributed by atoms with Crippen molar-refractivity contribution in [2.75, 3.05) is 0 Å². The highest BCUT2D eigenvalue weighted by Crippen LogP contribution is 2.27. The van der Waals surface area contributed by atoms with E-state index in [1.165, 1.54) is 12.1 Å². The number of pyridine rings is 1. The number of nitrogens with zero attached hydrogens (tertiary/aromatic N) is 3. The molecule has 0 unspecified atom stereocenters. The average Bonchev–Trinajstić information content (AvgIpc) is 3.26. The van der Waals surface area contributed by atoms with Gasteiger partial charge in [0.1, 0.15) is 11.5 Å². The lowest BCUT2D eigenvalue weighted by Gasteiger charge is -2.05. The molecular formula is C20H20FN5. The Morgan fingerprint density at radius 3 is 2.88 bits per heavy atom. The minimum Gasteiger partial charge on any atom is -0.346 e. The first-order valence-corrected chi connectivity index (χ1v) is 8.66. The highest BCUT2D eigenvalue weighted by molar-refractivity contribution is 5.79. The van der Waals surface area contributed by atoms with Crippen LogP contribution < -0.4 is 5.73 Å². The molecule has 3 heterocycles. The van der Waals surface area contributed by atoms with Gasteiger partial charge in [0, 0.05) is 48.5 Å². The molecule has 0 amide bonds. The molecule has 0 radical (unpaired) electrons. The number of nitrogens with one attached hydrogen (secondary N) is 1. The van der Waals surface area contributed by atoms with Gasteiger partial charge in [-0.15, -0.1) is 0 Å². The number of H-pyrrole nitrogens is 1. The summed E-state index contributed by atoms with van der Waals surface area (Å²) in [5.74, 6) is -0.285. The van der Waals surface area contributed by atoms with Crippen LogP contribution in [0.5, 0.6) is 0 Å². The molecule has 0 saturated carbocycles. The Hall–Kier alpha value is -2.99. The molecule has 0 spiro atoms. The minimum absolute atomic E-state index is 0.285. The van der Waals surface area contributed by atoms with E-state index in [1.807, 2.05) is 29.9 Å². The summed E-state index contributed by atoms with van der Waals surface area (Å²) in [5.41, 5.74) is 11.3. The average molecular weight is 349 g/mol. The molecule has 0 aliphatic heterocycles. The van der Waals surface area contributed by atoms with Crippen molar-refractivity contribution in [2.24, 2.45) is 5.73 Å². The first kappa shape index (κ1) is 16.5. The smallest absolute Gasteiger partial charge is 0.137 e. The van der Waals surface area contributed by atoms with Crippen LogP contribution in [-0.4, -0.2) is 19.7 Å². The van der Waals surface area contributed by atoms with Crippen LogP contribution in [0.25, 0.3) is 22.3 Å². The van der Waals surface area contributed by atoms with E-state index in [-0.39, 0.29) is 5.82 Å². The summed E-state index contributed by atoms with van der Waals surface area (Å²) in [7, 11) is 0. The van der Waals surface area contributed by atoms with E-state index in [2.05, 4.69) is 21.1 Å². The summed E-state index contributed by atoms with van der Waals surface area (Å²) in [6.45, 7) is 3.13. The van der Waals surface area contributed by atoms with Crippen molar-refractivity contribution in [1.82, 2.24) is 19.7 Å². The molecule has 4 aromatic rings. The first-order chi connectivity index (χ1) is 12.7. The van der Waals surface area contributed by atoms with E-state index in [0.717, 1.165) is 52.1 Å². The van der Waals surface area contributed by atoms with Gasteiger partial charge in [0.05, 0.1) is 5.69 Å². The van der Waals surface area contributed by atoms with Gasteiger partial charge in [0.2, 0.25) is 0 Å². The van der Waals surface area contributed by atoms with Gasteiger partial charge in [-0.1, -0.05) is 6.07 Å². The minimum atomic E-state index is -0.285. The second-order valence-corrected chi connectivity index (χ2v) is 6.23. The highest BCUT2D eigenvalue weighted by Gasteiger charge is 2.14. The Kier molecular flexibility index (Phi) is 4.26. The van der Waals surface area contributed by atoms with Crippen molar-refractivity contribution in [3.8, 4) is 11.3 Å². The summed E-state index contributed by atoms with van der Waals surface area (Å²) in [4.78, 5) is 7.54. The molecule has 4 rings (SSSR count). The van der Waals surface area contributed by atoms with Crippen molar-refractivity contribution in [2.45, 2.75) is 26.4 Å². The first-order valence-electron chi connectivity index (χ1n) is 8.66. The molecular weight excluding hydrogens is 329 g/mol. The van der Waals surface area contributed by atoms with Crippen molar-refractivity contribution in [1.29, 1.82) is 0 Å². The van der Waals surface area contributed by atoms with E-state index in [4.69, 9.17) is 5.73 Å². The van der Waals surface area contributed by atoms with Crippen LogP contribution >= 0.6 is 0 Å². The van der Waals surface area contributed by atoms with E-state index in [1.54, 1.807) is 12.3 Å². The van der Waals surface area contributed by atoms with Gasteiger partial charge >= 0.3 is 0 Å². The third kappa shape index (κ3) is 2.88. The number of nitrogens with two attached hydrogens (primary N) is 1. The fourth-order valence-electron chi connectivity index (χ4n) is 3.32. The van der Waals surface area contributed by atoms with Gasteiger partial charge in [-0.3, -0.25) is 4.68 Å². The maximum atomic E-state index is 13.8. The summed E-state index contributed by atoms with van der Waals surface area (Å²) in [6, 6.07) is 10.7. The molecule has 0 saturated heterocycles. The molecule has 0 atom stereocenters. The predicted molar refractivity (Wildman–Crippen MR) is 100 cm³/mol. The molecule has 5 nitrogen and oxygen atoms in total. The Balaban J connectivity index is 1.76. The number of halogens is 1. The topological polar surface area (TPSA) is 72.5 Å². The maximum Gasteiger partial charge on any atom is 0.137 e. The van der Waals surface area contributed by atoms with Gasteiger partial charge in [0.25, 0.3) is 0 Å². The molecule has 0 aliphatic carbocycles. The number of aromatic nitrogens is 4. The van der Waals surface area contributed by atoms with Gasteiger partial charge in [0.15, 0.2) is 0 Å². The van der Waals surface area contributed by atoms with Gasteiger partial charge in [-0.2, -0.15) is 5.10 Å². The summed E-state index contributed by atoms with van der Waals surface area (Å²) >= 11 is 0. The molecule has 0 fully saturated rings. The number of aryl methyl sites for hydroxylation is 1. The summed E-state index contributed by atoms with van der Waals surface area (Å²) < 4.78 is 15.7. The number of rotatable bonds is 5. The van der Waals surface area contributed by atoms with Crippen molar-refractivity contribution < 1.29 is 4.39 Å². The van der Waals surface area contributed by atoms with E-state index >= 15 is 0 Å². The number of aromatic amines is 1. The number of benzene rings is 1. The Labute approximate surface area is 150 Å². The zero-order valence-electron chi connectivity index (χ0n) is 14.5.